The Bertz CT molecular complexity index is 430. The zero-order chi connectivity index (χ0) is 14.3. The molecule has 0 aromatic carbocycles. The second kappa shape index (κ2) is 5.42. The summed E-state index contributed by atoms with van der Waals surface area (Å²) in [6.07, 6.45) is 14.3. The molecule has 1 N–H and O–H groups in total. The average molecular weight is 287 g/mol. The first kappa shape index (κ1) is 13.8. The van der Waals surface area contributed by atoms with Crippen molar-refractivity contribution in [2.45, 2.75) is 64.5 Å². The van der Waals surface area contributed by atoms with Crippen molar-refractivity contribution in [2.75, 3.05) is 6.54 Å². The van der Waals surface area contributed by atoms with E-state index in [1.807, 2.05) is 6.20 Å². The van der Waals surface area contributed by atoms with E-state index in [1.54, 1.807) is 0 Å². The molecular weight excluding hydrogens is 258 g/mol. The number of nitrogens with zero attached hydrogens (tertiary/aromatic N) is 2. The number of nitrogens with one attached hydrogen (secondary N) is 1. The predicted octanol–water partition coefficient (Wildman–Crippen LogP) is 3.47. The lowest BCUT2D eigenvalue weighted by Gasteiger charge is -2.59. The molecule has 4 aliphatic carbocycles. The summed E-state index contributed by atoms with van der Waals surface area (Å²) in [4.78, 5) is 0. The molecule has 21 heavy (non-hydrogen) atoms. The minimum atomic E-state index is 0.565. The number of hydrogen-bond acceptors (Lipinski definition) is 2. The van der Waals surface area contributed by atoms with Crippen molar-refractivity contribution in [1.29, 1.82) is 0 Å². The van der Waals surface area contributed by atoms with Gasteiger partial charge in [0.25, 0.3) is 0 Å². The summed E-state index contributed by atoms with van der Waals surface area (Å²) in [5.74, 6) is 3.08. The maximum Gasteiger partial charge on any atom is 0.0568 e. The maximum absolute atomic E-state index is 4.47. The Balaban J connectivity index is 1.56. The molecule has 4 aliphatic rings. The Morgan fingerprint density at radius 3 is 2.38 bits per heavy atom. The largest absolute Gasteiger partial charge is 0.312 e. The van der Waals surface area contributed by atoms with Crippen molar-refractivity contribution in [3.63, 3.8) is 0 Å². The Hall–Kier alpha value is -0.830. The van der Waals surface area contributed by atoms with Gasteiger partial charge in [-0.05, 0) is 80.7 Å². The van der Waals surface area contributed by atoms with Crippen LogP contribution in [0.4, 0.5) is 0 Å². The normalized spacial score (nSPS) is 38.8. The summed E-state index contributed by atoms with van der Waals surface area (Å²) in [5, 5.41) is 8.37. The molecule has 1 unspecified atom stereocenters. The van der Waals surface area contributed by atoms with E-state index in [2.05, 4.69) is 34.3 Å². The molecule has 4 saturated carbocycles. The van der Waals surface area contributed by atoms with E-state index in [-0.39, 0.29) is 0 Å². The van der Waals surface area contributed by atoms with Crippen LogP contribution < -0.4 is 5.32 Å². The standard InChI is InChI=1S/C18H29N3/c1-2-4-19-17(13-21-6-3-5-20-21)18-10-14-7-15(11-18)9-16(8-14)12-18/h3,5-6,14-17,19H,2,4,7-13H2,1H3. The molecule has 1 atom stereocenters. The third-order valence-electron chi connectivity index (χ3n) is 6.39. The van der Waals surface area contributed by atoms with Crippen molar-refractivity contribution < 1.29 is 0 Å². The van der Waals surface area contributed by atoms with Gasteiger partial charge in [0.2, 0.25) is 0 Å². The quantitative estimate of drug-likeness (QED) is 0.868. The Labute approximate surface area is 128 Å². The first-order valence-electron chi connectivity index (χ1n) is 8.98. The Morgan fingerprint density at radius 2 is 1.86 bits per heavy atom. The van der Waals surface area contributed by atoms with Crippen LogP contribution in [0, 0.1) is 23.2 Å². The highest BCUT2D eigenvalue weighted by Gasteiger charge is 2.54. The van der Waals surface area contributed by atoms with Crippen LogP contribution in [0.3, 0.4) is 0 Å². The zero-order valence-electron chi connectivity index (χ0n) is 13.3. The van der Waals surface area contributed by atoms with Gasteiger partial charge in [-0.1, -0.05) is 6.92 Å². The lowest BCUT2D eigenvalue weighted by atomic mass is 9.47. The molecule has 116 valence electrons. The topological polar surface area (TPSA) is 29.9 Å². The second-order valence-electron chi connectivity index (χ2n) is 8.01. The fourth-order valence-corrected chi connectivity index (χ4v) is 5.99. The van der Waals surface area contributed by atoms with Crippen molar-refractivity contribution >= 4 is 0 Å². The van der Waals surface area contributed by atoms with Crippen molar-refractivity contribution in [1.82, 2.24) is 15.1 Å². The van der Waals surface area contributed by atoms with Gasteiger partial charge in [-0.2, -0.15) is 5.10 Å². The predicted molar refractivity (Wildman–Crippen MR) is 84.9 cm³/mol. The summed E-state index contributed by atoms with van der Waals surface area (Å²) in [5.41, 5.74) is 0.565. The Morgan fingerprint density at radius 1 is 1.19 bits per heavy atom. The van der Waals surface area contributed by atoms with E-state index >= 15 is 0 Å². The molecule has 0 amide bonds. The van der Waals surface area contributed by atoms with Gasteiger partial charge in [0, 0.05) is 18.4 Å². The highest BCUT2D eigenvalue weighted by atomic mass is 15.3. The fraction of sp³-hybridized carbons (Fsp3) is 0.833. The molecule has 0 radical (unpaired) electrons. The number of hydrogen-bond donors (Lipinski definition) is 1. The SMILES string of the molecule is CCCNC(Cn1cccn1)C12CC3CC(CC(C3)C1)C2. The van der Waals surface area contributed by atoms with Crippen molar-refractivity contribution in [2.24, 2.45) is 23.2 Å². The maximum atomic E-state index is 4.47. The average Bonchev–Trinajstić information content (AvgIpc) is 2.94. The molecule has 0 saturated heterocycles. The van der Waals surface area contributed by atoms with Crippen LogP contribution in [0.2, 0.25) is 0 Å². The van der Waals surface area contributed by atoms with Gasteiger partial charge in [-0.3, -0.25) is 4.68 Å². The van der Waals surface area contributed by atoms with Gasteiger partial charge in [-0.25, -0.2) is 0 Å². The number of rotatable bonds is 6. The van der Waals surface area contributed by atoms with Crippen LogP contribution >= 0.6 is 0 Å². The van der Waals surface area contributed by atoms with Crippen LogP contribution in [0.25, 0.3) is 0 Å². The first-order valence-corrected chi connectivity index (χ1v) is 8.98. The molecule has 3 heteroatoms. The van der Waals surface area contributed by atoms with E-state index < -0.39 is 0 Å². The summed E-state index contributed by atoms with van der Waals surface area (Å²) < 4.78 is 2.14. The van der Waals surface area contributed by atoms with Gasteiger partial charge in [0.15, 0.2) is 0 Å². The van der Waals surface area contributed by atoms with Gasteiger partial charge < -0.3 is 5.32 Å². The summed E-state index contributed by atoms with van der Waals surface area (Å²) >= 11 is 0. The molecule has 1 aromatic heterocycles. The molecule has 5 rings (SSSR count). The van der Waals surface area contributed by atoms with Crippen LogP contribution in [0.5, 0.6) is 0 Å². The van der Waals surface area contributed by atoms with Gasteiger partial charge >= 0.3 is 0 Å². The molecule has 4 fully saturated rings. The van der Waals surface area contributed by atoms with Gasteiger partial charge in [0.1, 0.15) is 0 Å². The minimum absolute atomic E-state index is 0.565. The van der Waals surface area contributed by atoms with Crippen LogP contribution in [-0.4, -0.2) is 22.4 Å². The first-order chi connectivity index (χ1) is 10.3. The van der Waals surface area contributed by atoms with Gasteiger partial charge in [0.05, 0.1) is 6.54 Å². The molecule has 0 aliphatic heterocycles. The second-order valence-corrected chi connectivity index (χ2v) is 8.01. The molecule has 1 aromatic rings. The van der Waals surface area contributed by atoms with Crippen LogP contribution in [-0.2, 0) is 6.54 Å². The molecule has 4 bridgehead atoms. The molecule has 3 nitrogen and oxygen atoms in total. The number of aromatic nitrogens is 2. The van der Waals surface area contributed by atoms with E-state index in [0.717, 1.165) is 30.8 Å². The summed E-state index contributed by atoms with van der Waals surface area (Å²) in [6, 6.07) is 2.67. The molecule has 1 heterocycles. The van der Waals surface area contributed by atoms with E-state index in [4.69, 9.17) is 0 Å². The van der Waals surface area contributed by atoms with Crippen LogP contribution in [0.1, 0.15) is 51.9 Å². The lowest BCUT2D eigenvalue weighted by Crippen LogP contribution is -2.57. The van der Waals surface area contributed by atoms with Crippen molar-refractivity contribution in [3.8, 4) is 0 Å². The minimum Gasteiger partial charge on any atom is -0.312 e. The third kappa shape index (κ3) is 2.54. The highest BCUT2D eigenvalue weighted by molar-refractivity contribution is 5.06. The smallest absolute Gasteiger partial charge is 0.0568 e. The highest BCUT2D eigenvalue weighted by Crippen LogP contribution is 2.61. The molecular formula is C18H29N3. The van der Waals surface area contributed by atoms with Crippen molar-refractivity contribution in [3.05, 3.63) is 18.5 Å². The third-order valence-corrected chi connectivity index (χ3v) is 6.39. The lowest BCUT2D eigenvalue weighted by molar-refractivity contribution is -0.0771. The van der Waals surface area contributed by atoms with Crippen LogP contribution in [0.15, 0.2) is 18.5 Å². The fourth-order valence-electron chi connectivity index (χ4n) is 5.99. The monoisotopic (exact) mass is 287 g/mol. The van der Waals surface area contributed by atoms with E-state index in [9.17, 15) is 0 Å². The van der Waals surface area contributed by atoms with Gasteiger partial charge in [-0.15, -0.1) is 0 Å². The summed E-state index contributed by atoms with van der Waals surface area (Å²) in [7, 11) is 0. The van der Waals surface area contributed by atoms with E-state index in [0.29, 0.717) is 11.5 Å². The molecule has 0 spiro atoms. The van der Waals surface area contributed by atoms with E-state index in [1.165, 1.54) is 44.9 Å². The summed E-state index contributed by atoms with van der Waals surface area (Å²) in [6.45, 7) is 4.48. The Kier molecular flexibility index (Phi) is 3.56. The zero-order valence-corrected chi connectivity index (χ0v) is 13.3.